The Morgan fingerprint density at radius 2 is 1.68 bits per heavy atom. The molecule has 1 heterocycles. The first-order chi connectivity index (χ1) is 10.8. The van der Waals surface area contributed by atoms with Gasteiger partial charge in [-0.3, -0.25) is 0 Å². The van der Waals surface area contributed by atoms with Crippen LogP contribution in [0.15, 0.2) is 30.3 Å². The van der Waals surface area contributed by atoms with E-state index in [2.05, 4.69) is 47.2 Å². The number of likely N-dealkylation sites (tertiary alicyclic amines) is 1. The second-order valence-corrected chi connectivity index (χ2v) is 7.24. The summed E-state index contributed by atoms with van der Waals surface area (Å²) in [5, 5.41) is 0. The molecular weight excluding hydrogens is 268 g/mol. The molecule has 2 fully saturated rings. The first-order valence-electron chi connectivity index (χ1n) is 9.36. The van der Waals surface area contributed by atoms with E-state index in [1.807, 2.05) is 0 Å². The van der Waals surface area contributed by atoms with Crippen LogP contribution in [0.4, 0.5) is 5.69 Å². The Labute approximate surface area is 136 Å². The van der Waals surface area contributed by atoms with E-state index in [1.165, 1.54) is 76.6 Å². The molecule has 1 aromatic rings. The number of piperidine rings is 1. The molecule has 1 unspecified atom stereocenters. The maximum Gasteiger partial charge on any atom is 0.0368 e. The summed E-state index contributed by atoms with van der Waals surface area (Å²) in [6.07, 6.45) is 12.6. The van der Waals surface area contributed by atoms with Gasteiger partial charge in [0.25, 0.3) is 0 Å². The van der Waals surface area contributed by atoms with Crippen LogP contribution >= 0.6 is 0 Å². The van der Waals surface area contributed by atoms with Gasteiger partial charge in [-0.05, 0) is 57.8 Å². The second-order valence-electron chi connectivity index (χ2n) is 7.24. The van der Waals surface area contributed by atoms with Gasteiger partial charge in [-0.2, -0.15) is 0 Å². The fourth-order valence-corrected chi connectivity index (χ4v) is 4.33. The molecule has 3 rings (SSSR count). The van der Waals surface area contributed by atoms with Gasteiger partial charge in [-0.15, -0.1) is 0 Å². The number of rotatable bonds is 5. The number of nitrogens with zero attached hydrogens (tertiary/aromatic N) is 2. The molecule has 2 aliphatic rings. The molecule has 2 heteroatoms. The van der Waals surface area contributed by atoms with Crippen molar-refractivity contribution in [2.45, 2.75) is 69.9 Å². The molecule has 1 saturated carbocycles. The molecule has 0 spiro atoms. The molecular formula is C20H32N2. The van der Waals surface area contributed by atoms with E-state index < -0.39 is 0 Å². The highest BCUT2D eigenvalue weighted by molar-refractivity contribution is 5.47. The highest BCUT2D eigenvalue weighted by atomic mass is 15.2. The molecule has 22 heavy (non-hydrogen) atoms. The molecule has 1 atom stereocenters. The largest absolute Gasteiger partial charge is 0.368 e. The Balaban J connectivity index is 1.65. The first-order valence-corrected chi connectivity index (χ1v) is 9.36. The Hall–Kier alpha value is -1.02. The highest BCUT2D eigenvalue weighted by Crippen LogP contribution is 2.28. The third-order valence-electron chi connectivity index (χ3n) is 5.73. The third kappa shape index (κ3) is 4.04. The predicted octanol–water partition coefficient (Wildman–Crippen LogP) is 4.70. The van der Waals surface area contributed by atoms with Crippen molar-refractivity contribution in [3.63, 3.8) is 0 Å². The minimum absolute atomic E-state index is 0.769. The van der Waals surface area contributed by atoms with Crippen molar-refractivity contribution in [3.8, 4) is 0 Å². The lowest BCUT2D eigenvalue weighted by Crippen LogP contribution is -2.42. The third-order valence-corrected chi connectivity index (χ3v) is 5.73. The van der Waals surface area contributed by atoms with Gasteiger partial charge in [-0.1, -0.05) is 43.9 Å². The molecule has 0 amide bonds. The Bertz CT molecular complexity index is 425. The maximum atomic E-state index is 2.72. The van der Waals surface area contributed by atoms with Crippen LogP contribution in [0.3, 0.4) is 0 Å². The van der Waals surface area contributed by atoms with Gasteiger partial charge >= 0.3 is 0 Å². The maximum absolute atomic E-state index is 2.72. The van der Waals surface area contributed by atoms with Crippen LogP contribution in [0.1, 0.15) is 57.8 Å². The summed E-state index contributed by atoms with van der Waals surface area (Å²) >= 11 is 0. The summed E-state index contributed by atoms with van der Waals surface area (Å²) < 4.78 is 0. The molecule has 0 bridgehead atoms. The molecule has 0 radical (unpaired) electrons. The number of para-hydroxylation sites is 1. The van der Waals surface area contributed by atoms with E-state index in [0.29, 0.717) is 0 Å². The SMILES string of the molecule is CN1CCCCC1CCN(c1ccccc1)C1CCCCC1. The van der Waals surface area contributed by atoms with Gasteiger partial charge in [0.05, 0.1) is 0 Å². The van der Waals surface area contributed by atoms with Crippen LogP contribution in [0.5, 0.6) is 0 Å². The van der Waals surface area contributed by atoms with Crippen molar-refractivity contribution in [2.24, 2.45) is 0 Å². The van der Waals surface area contributed by atoms with Crippen LogP contribution in [-0.4, -0.2) is 37.1 Å². The van der Waals surface area contributed by atoms with E-state index in [1.54, 1.807) is 0 Å². The summed E-state index contributed by atoms with van der Waals surface area (Å²) in [4.78, 5) is 5.31. The minimum atomic E-state index is 0.769. The van der Waals surface area contributed by atoms with Crippen LogP contribution < -0.4 is 4.90 Å². The van der Waals surface area contributed by atoms with Gasteiger partial charge < -0.3 is 9.80 Å². The molecule has 2 nitrogen and oxygen atoms in total. The predicted molar refractivity (Wildman–Crippen MR) is 95.5 cm³/mol. The van der Waals surface area contributed by atoms with E-state index in [4.69, 9.17) is 0 Å². The van der Waals surface area contributed by atoms with Crippen molar-refractivity contribution < 1.29 is 0 Å². The molecule has 1 aliphatic heterocycles. The zero-order chi connectivity index (χ0) is 15.2. The fourth-order valence-electron chi connectivity index (χ4n) is 4.33. The van der Waals surface area contributed by atoms with Gasteiger partial charge in [0.2, 0.25) is 0 Å². The van der Waals surface area contributed by atoms with Gasteiger partial charge in [0.15, 0.2) is 0 Å². The normalized spacial score (nSPS) is 24.3. The summed E-state index contributed by atoms with van der Waals surface area (Å²) in [6, 6.07) is 12.7. The zero-order valence-electron chi connectivity index (χ0n) is 14.2. The van der Waals surface area contributed by atoms with E-state index >= 15 is 0 Å². The number of hydrogen-bond acceptors (Lipinski definition) is 2. The molecule has 0 aromatic heterocycles. The van der Waals surface area contributed by atoms with Crippen molar-refractivity contribution in [3.05, 3.63) is 30.3 Å². The Kier molecular flexibility index (Phi) is 5.77. The van der Waals surface area contributed by atoms with Gasteiger partial charge in [0.1, 0.15) is 0 Å². The quantitative estimate of drug-likeness (QED) is 0.777. The lowest BCUT2D eigenvalue weighted by Gasteiger charge is -2.39. The Morgan fingerprint density at radius 3 is 2.41 bits per heavy atom. The lowest BCUT2D eigenvalue weighted by molar-refractivity contribution is 0.176. The van der Waals surface area contributed by atoms with Crippen LogP contribution in [0, 0.1) is 0 Å². The number of anilines is 1. The minimum Gasteiger partial charge on any atom is -0.368 e. The first kappa shape index (κ1) is 15.9. The summed E-state index contributed by atoms with van der Waals surface area (Å²) in [5.74, 6) is 0. The van der Waals surface area contributed by atoms with Crippen LogP contribution in [0.2, 0.25) is 0 Å². The number of benzene rings is 1. The smallest absolute Gasteiger partial charge is 0.0368 e. The topological polar surface area (TPSA) is 6.48 Å². The van der Waals surface area contributed by atoms with E-state index in [-0.39, 0.29) is 0 Å². The van der Waals surface area contributed by atoms with E-state index in [9.17, 15) is 0 Å². The highest BCUT2D eigenvalue weighted by Gasteiger charge is 2.24. The van der Waals surface area contributed by atoms with Crippen LogP contribution in [0.25, 0.3) is 0 Å². The van der Waals surface area contributed by atoms with Gasteiger partial charge in [-0.25, -0.2) is 0 Å². The molecule has 1 saturated heterocycles. The lowest BCUT2D eigenvalue weighted by atomic mass is 9.93. The summed E-state index contributed by atoms with van der Waals surface area (Å²) in [7, 11) is 2.32. The summed E-state index contributed by atoms with van der Waals surface area (Å²) in [5.41, 5.74) is 1.44. The standard InChI is InChI=1S/C20H32N2/c1-21-16-9-8-10-18(21)15-17-22(19-11-4-2-5-12-19)20-13-6-3-7-14-20/h2,4-5,11-12,18,20H,3,6-10,13-17H2,1H3. The van der Waals surface area contributed by atoms with Crippen molar-refractivity contribution in [1.82, 2.24) is 4.90 Å². The average molecular weight is 300 g/mol. The van der Waals surface area contributed by atoms with Crippen molar-refractivity contribution in [2.75, 3.05) is 25.0 Å². The molecule has 0 N–H and O–H groups in total. The zero-order valence-corrected chi connectivity index (χ0v) is 14.2. The second kappa shape index (κ2) is 8.01. The average Bonchev–Trinajstić information content (AvgIpc) is 2.59. The van der Waals surface area contributed by atoms with Crippen LogP contribution in [-0.2, 0) is 0 Å². The number of hydrogen-bond donors (Lipinski definition) is 0. The Morgan fingerprint density at radius 1 is 0.955 bits per heavy atom. The fraction of sp³-hybridized carbons (Fsp3) is 0.700. The van der Waals surface area contributed by atoms with Crippen molar-refractivity contribution >= 4 is 5.69 Å². The monoisotopic (exact) mass is 300 g/mol. The van der Waals surface area contributed by atoms with Crippen molar-refractivity contribution in [1.29, 1.82) is 0 Å². The summed E-state index contributed by atoms with van der Waals surface area (Å²) in [6.45, 7) is 2.52. The molecule has 1 aromatic carbocycles. The molecule has 122 valence electrons. The molecule has 1 aliphatic carbocycles. The van der Waals surface area contributed by atoms with Gasteiger partial charge in [0, 0.05) is 24.3 Å². The van der Waals surface area contributed by atoms with E-state index in [0.717, 1.165) is 12.1 Å².